The molecule has 1 fully saturated rings. The third-order valence-electron chi connectivity index (χ3n) is 5.06. The number of rotatable bonds is 5. The molecule has 6 nitrogen and oxygen atoms in total. The van der Waals surface area contributed by atoms with Crippen LogP contribution in [0.3, 0.4) is 0 Å². The number of hydrogen-bond donors (Lipinski definition) is 1. The summed E-state index contributed by atoms with van der Waals surface area (Å²) in [6.45, 7) is 4.56. The molecular formula is C19H21ClN4O2. The number of carbonyl (C=O) groups is 2. The molecule has 0 radical (unpaired) electrons. The molecule has 2 heterocycles. The van der Waals surface area contributed by atoms with E-state index in [-0.39, 0.29) is 18.4 Å². The van der Waals surface area contributed by atoms with Crippen LogP contribution in [0.25, 0.3) is 0 Å². The summed E-state index contributed by atoms with van der Waals surface area (Å²) >= 11 is 6.08. The molecule has 4 rings (SSSR count). The third-order valence-corrected chi connectivity index (χ3v) is 5.30. The van der Waals surface area contributed by atoms with Crippen LogP contribution >= 0.6 is 11.6 Å². The third kappa shape index (κ3) is 3.09. The maximum absolute atomic E-state index is 12.8. The van der Waals surface area contributed by atoms with Gasteiger partial charge in [0, 0.05) is 23.5 Å². The Balaban J connectivity index is 1.47. The molecule has 136 valence electrons. The first-order valence-electron chi connectivity index (χ1n) is 8.79. The number of anilines is 2. The summed E-state index contributed by atoms with van der Waals surface area (Å²) in [5, 5.41) is 7.68. The van der Waals surface area contributed by atoms with Crippen LogP contribution in [0, 0.1) is 5.92 Å². The Labute approximate surface area is 157 Å². The molecule has 1 aromatic heterocycles. The predicted molar refractivity (Wildman–Crippen MR) is 100 cm³/mol. The van der Waals surface area contributed by atoms with Gasteiger partial charge >= 0.3 is 0 Å². The molecule has 1 aliphatic carbocycles. The lowest BCUT2D eigenvalue weighted by Crippen LogP contribution is -2.40. The second-order valence-electron chi connectivity index (χ2n) is 7.62. The molecule has 1 saturated carbocycles. The average molecular weight is 373 g/mol. The van der Waals surface area contributed by atoms with Crippen molar-refractivity contribution in [1.29, 1.82) is 0 Å². The molecule has 1 aromatic carbocycles. The number of nitrogens with zero attached hydrogens (tertiary/aromatic N) is 3. The van der Waals surface area contributed by atoms with E-state index in [9.17, 15) is 9.59 Å². The Kier molecular flexibility index (Phi) is 4.03. The van der Waals surface area contributed by atoms with Crippen molar-refractivity contribution in [1.82, 2.24) is 9.78 Å². The van der Waals surface area contributed by atoms with Gasteiger partial charge in [-0.25, -0.2) is 0 Å². The van der Waals surface area contributed by atoms with Crippen molar-refractivity contribution in [3.8, 4) is 0 Å². The number of benzene rings is 1. The van der Waals surface area contributed by atoms with Gasteiger partial charge in [-0.05, 0) is 56.4 Å². The van der Waals surface area contributed by atoms with Crippen LogP contribution < -0.4 is 10.2 Å². The van der Waals surface area contributed by atoms with E-state index in [0.717, 1.165) is 17.8 Å². The monoisotopic (exact) mass is 372 g/mol. The minimum atomic E-state index is -0.699. The van der Waals surface area contributed by atoms with E-state index < -0.39 is 5.41 Å². The lowest BCUT2D eigenvalue weighted by molar-refractivity contribution is -0.124. The van der Waals surface area contributed by atoms with Crippen LogP contribution in [0.5, 0.6) is 0 Å². The van der Waals surface area contributed by atoms with Crippen LogP contribution in [-0.4, -0.2) is 28.1 Å². The van der Waals surface area contributed by atoms with Gasteiger partial charge < -0.3 is 10.2 Å². The SMILES string of the molecule is CC1(C)C(=O)N(CC(=O)Nc2cnn(CC3CC3)c2)c2ccc(Cl)cc21. The Morgan fingerprint density at radius 3 is 2.88 bits per heavy atom. The van der Waals surface area contributed by atoms with Crippen LogP contribution in [0.4, 0.5) is 11.4 Å². The fourth-order valence-corrected chi connectivity index (χ4v) is 3.57. The summed E-state index contributed by atoms with van der Waals surface area (Å²) in [4.78, 5) is 26.8. The zero-order chi connectivity index (χ0) is 18.5. The van der Waals surface area contributed by atoms with E-state index in [2.05, 4.69) is 10.4 Å². The Hall–Kier alpha value is -2.34. The van der Waals surface area contributed by atoms with Crippen LogP contribution in [0.15, 0.2) is 30.6 Å². The number of carbonyl (C=O) groups excluding carboxylic acids is 2. The second kappa shape index (κ2) is 6.13. The number of nitrogens with one attached hydrogen (secondary N) is 1. The molecule has 0 saturated heterocycles. The van der Waals surface area contributed by atoms with Gasteiger partial charge in [-0.15, -0.1) is 0 Å². The molecule has 0 spiro atoms. The van der Waals surface area contributed by atoms with E-state index in [4.69, 9.17) is 11.6 Å². The molecule has 1 aliphatic heterocycles. The molecule has 1 N–H and O–H groups in total. The first kappa shape index (κ1) is 17.1. The van der Waals surface area contributed by atoms with Crippen molar-refractivity contribution in [3.05, 3.63) is 41.2 Å². The van der Waals surface area contributed by atoms with Gasteiger partial charge in [-0.3, -0.25) is 14.3 Å². The Bertz CT molecular complexity index is 885. The van der Waals surface area contributed by atoms with Gasteiger partial charge in [0.05, 0.1) is 17.3 Å². The fourth-order valence-electron chi connectivity index (χ4n) is 3.40. The van der Waals surface area contributed by atoms with Crippen LogP contribution in [-0.2, 0) is 21.5 Å². The van der Waals surface area contributed by atoms with E-state index in [1.54, 1.807) is 24.4 Å². The number of amides is 2. The van der Waals surface area contributed by atoms with E-state index in [1.165, 1.54) is 17.7 Å². The summed E-state index contributed by atoms with van der Waals surface area (Å²) in [6, 6.07) is 5.34. The fraction of sp³-hybridized carbons (Fsp3) is 0.421. The van der Waals surface area contributed by atoms with E-state index >= 15 is 0 Å². The minimum Gasteiger partial charge on any atom is -0.322 e. The number of fused-ring (bicyclic) bond motifs is 1. The smallest absolute Gasteiger partial charge is 0.244 e. The van der Waals surface area contributed by atoms with Gasteiger partial charge in [0.1, 0.15) is 6.54 Å². The number of aromatic nitrogens is 2. The van der Waals surface area contributed by atoms with E-state index in [0.29, 0.717) is 16.6 Å². The van der Waals surface area contributed by atoms with E-state index in [1.807, 2.05) is 24.7 Å². The summed E-state index contributed by atoms with van der Waals surface area (Å²) in [6.07, 6.45) is 5.97. The standard InChI is InChI=1S/C19H21ClN4O2/c1-19(2)15-7-13(20)5-6-16(15)24(18(19)26)11-17(25)22-14-8-21-23(10-14)9-12-3-4-12/h5-8,10,12H,3-4,9,11H2,1-2H3,(H,22,25). The van der Waals surface area contributed by atoms with Gasteiger partial charge in [-0.2, -0.15) is 5.10 Å². The zero-order valence-electron chi connectivity index (χ0n) is 14.8. The first-order valence-corrected chi connectivity index (χ1v) is 9.16. The first-order chi connectivity index (χ1) is 12.3. The molecule has 26 heavy (non-hydrogen) atoms. The Morgan fingerprint density at radius 1 is 1.38 bits per heavy atom. The summed E-state index contributed by atoms with van der Waals surface area (Å²) in [5.41, 5.74) is 1.54. The van der Waals surface area contributed by atoms with Gasteiger partial charge in [0.15, 0.2) is 0 Å². The highest BCUT2D eigenvalue weighted by molar-refractivity contribution is 6.31. The molecule has 7 heteroatoms. The molecule has 0 bridgehead atoms. The lowest BCUT2D eigenvalue weighted by atomic mass is 9.86. The highest BCUT2D eigenvalue weighted by Gasteiger charge is 2.44. The van der Waals surface area contributed by atoms with Crippen molar-refractivity contribution in [2.45, 2.75) is 38.6 Å². The molecule has 2 aromatic rings. The zero-order valence-corrected chi connectivity index (χ0v) is 15.6. The van der Waals surface area contributed by atoms with Crippen molar-refractivity contribution in [3.63, 3.8) is 0 Å². The van der Waals surface area contributed by atoms with Gasteiger partial charge in [0.2, 0.25) is 11.8 Å². The molecule has 2 aliphatic rings. The molecular weight excluding hydrogens is 352 g/mol. The normalized spacial score (nSPS) is 18.1. The second-order valence-corrected chi connectivity index (χ2v) is 8.06. The van der Waals surface area contributed by atoms with Gasteiger partial charge in [-0.1, -0.05) is 11.6 Å². The molecule has 2 amide bonds. The summed E-state index contributed by atoms with van der Waals surface area (Å²) < 4.78 is 1.86. The summed E-state index contributed by atoms with van der Waals surface area (Å²) in [5.74, 6) is 0.364. The van der Waals surface area contributed by atoms with Crippen LogP contribution in [0.2, 0.25) is 5.02 Å². The summed E-state index contributed by atoms with van der Waals surface area (Å²) in [7, 11) is 0. The largest absolute Gasteiger partial charge is 0.322 e. The maximum atomic E-state index is 12.8. The topological polar surface area (TPSA) is 67.2 Å². The number of hydrogen-bond acceptors (Lipinski definition) is 3. The lowest BCUT2D eigenvalue weighted by Gasteiger charge is -2.19. The Morgan fingerprint density at radius 2 is 2.15 bits per heavy atom. The van der Waals surface area contributed by atoms with Crippen molar-refractivity contribution >= 4 is 34.8 Å². The maximum Gasteiger partial charge on any atom is 0.244 e. The predicted octanol–water partition coefficient (Wildman–Crippen LogP) is 3.21. The quantitative estimate of drug-likeness (QED) is 0.876. The molecule has 0 unspecified atom stereocenters. The highest BCUT2D eigenvalue weighted by atomic mass is 35.5. The number of halogens is 1. The minimum absolute atomic E-state index is 0.0370. The molecule has 0 atom stereocenters. The average Bonchev–Trinajstić information content (AvgIpc) is 3.26. The van der Waals surface area contributed by atoms with Gasteiger partial charge in [0.25, 0.3) is 0 Å². The van der Waals surface area contributed by atoms with Crippen molar-refractivity contribution < 1.29 is 9.59 Å². The van der Waals surface area contributed by atoms with Crippen molar-refractivity contribution in [2.75, 3.05) is 16.8 Å². The van der Waals surface area contributed by atoms with Crippen LogP contribution in [0.1, 0.15) is 32.3 Å². The highest BCUT2D eigenvalue weighted by Crippen LogP contribution is 2.42. The van der Waals surface area contributed by atoms with Crippen molar-refractivity contribution in [2.24, 2.45) is 5.92 Å².